The Bertz CT molecular complexity index is 746. The van der Waals surface area contributed by atoms with Gasteiger partial charge in [-0.05, 0) is 63.5 Å². The van der Waals surface area contributed by atoms with Crippen LogP contribution in [-0.4, -0.2) is 38.2 Å². The van der Waals surface area contributed by atoms with E-state index in [9.17, 15) is 10.4 Å². The smallest absolute Gasteiger partial charge is 0.792 e. The molecular formula is C23H34CoN5O4. The van der Waals surface area contributed by atoms with E-state index >= 15 is 0 Å². The SMILES string of the molecule is CC(=N\[O-])/C(C)=N/O.CC(=N\[O-])/C(C)=N/O.[CH2-]C1=CC[C@@H]2C[C@H]1C2(C)C.[Co+3].c1ccncc1. The summed E-state index contributed by atoms with van der Waals surface area (Å²) >= 11 is 0. The molecular weight excluding hydrogens is 469 g/mol. The third-order valence-corrected chi connectivity index (χ3v) is 5.77. The van der Waals surface area contributed by atoms with Crippen molar-refractivity contribution < 1.29 is 27.2 Å². The molecule has 2 bridgehead atoms. The Morgan fingerprint density at radius 1 is 0.939 bits per heavy atom. The molecule has 3 aliphatic carbocycles. The van der Waals surface area contributed by atoms with Crippen LogP contribution in [0.2, 0.25) is 0 Å². The van der Waals surface area contributed by atoms with Crippen molar-refractivity contribution in [2.24, 2.45) is 37.9 Å². The van der Waals surface area contributed by atoms with E-state index in [-0.39, 0.29) is 39.6 Å². The first-order valence-electron chi connectivity index (χ1n) is 10.2. The largest absolute Gasteiger partial charge is 3.00 e. The average molecular weight is 503 g/mol. The minimum atomic E-state index is 0. The quantitative estimate of drug-likeness (QED) is 0.237. The van der Waals surface area contributed by atoms with E-state index in [2.05, 4.69) is 52.5 Å². The Kier molecular flexibility index (Phi) is 16.4. The maximum absolute atomic E-state index is 9.63. The number of nitrogens with zero attached hydrogens (tertiary/aromatic N) is 5. The summed E-state index contributed by atoms with van der Waals surface area (Å²) in [5, 5.41) is 45.8. The Labute approximate surface area is 206 Å². The van der Waals surface area contributed by atoms with Crippen molar-refractivity contribution in [1.29, 1.82) is 0 Å². The number of aromatic nitrogens is 1. The first-order valence-corrected chi connectivity index (χ1v) is 10.2. The third-order valence-electron chi connectivity index (χ3n) is 5.77. The Balaban J connectivity index is 0. The molecule has 0 spiro atoms. The van der Waals surface area contributed by atoms with Crippen LogP contribution in [0.5, 0.6) is 0 Å². The monoisotopic (exact) mass is 503 g/mol. The molecule has 0 aromatic carbocycles. The van der Waals surface area contributed by atoms with Gasteiger partial charge in [-0.25, -0.2) is 18.6 Å². The van der Waals surface area contributed by atoms with E-state index in [1.165, 1.54) is 46.1 Å². The van der Waals surface area contributed by atoms with Gasteiger partial charge in [0.25, 0.3) is 0 Å². The van der Waals surface area contributed by atoms with Crippen LogP contribution in [0.1, 0.15) is 54.4 Å². The molecule has 2 atom stereocenters. The van der Waals surface area contributed by atoms with Crippen molar-refractivity contribution in [3.05, 3.63) is 59.6 Å². The summed E-state index contributed by atoms with van der Waals surface area (Å²) in [5.41, 5.74) is 2.87. The molecule has 4 rings (SSSR count). The second kappa shape index (κ2) is 16.7. The van der Waals surface area contributed by atoms with Crippen LogP contribution in [-0.2, 0) is 16.8 Å². The van der Waals surface area contributed by atoms with Crippen LogP contribution >= 0.6 is 0 Å². The summed E-state index contributed by atoms with van der Waals surface area (Å²) in [5.74, 6) is 1.77. The van der Waals surface area contributed by atoms with Crippen LogP contribution in [0, 0.1) is 34.6 Å². The van der Waals surface area contributed by atoms with Gasteiger partial charge in [-0.3, -0.25) is 4.98 Å². The second-order valence-corrected chi connectivity index (χ2v) is 8.07. The topological polar surface area (TPSA) is 149 Å². The zero-order valence-electron chi connectivity index (χ0n) is 20.0. The third kappa shape index (κ3) is 11.0. The standard InChI is InChI=1S/C10H15.C5H5N.2C4H8N2O2.Co/c1-7-4-5-8-6-9(7)10(8,2)3;1-2-4-6-5-3-1;2*1-3(5-7)4(2)6-8;/h4,8-9H,1,5-6H2,2-3H3;1-5H;2*7-8H,1-2H3;/q-1;;;;+3/p-2/b;;2*5-3+,6-4+;/t8-,9-;;;;/m1..../s1. The predicted molar refractivity (Wildman–Crippen MR) is 130 cm³/mol. The zero-order chi connectivity index (χ0) is 24.7. The summed E-state index contributed by atoms with van der Waals surface area (Å²) in [6.45, 7) is 14.8. The Hall–Kier alpha value is -2.85. The van der Waals surface area contributed by atoms with Crippen molar-refractivity contribution in [2.45, 2.75) is 54.4 Å². The van der Waals surface area contributed by atoms with E-state index < -0.39 is 0 Å². The van der Waals surface area contributed by atoms with Crippen molar-refractivity contribution in [2.75, 3.05) is 0 Å². The van der Waals surface area contributed by atoms with E-state index in [0.717, 1.165) is 11.8 Å². The molecule has 0 radical (unpaired) electrons. The van der Waals surface area contributed by atoms with Crippen molar-refractivity contribution >= 4 is 22.8 Å². The molecule has 10 heteroatoms. The van der Waals surface area contributed by atoms with Crippen LogP contribution in [0.3, 0.4) is 0 Å². The second-order valence-electron chi connectivity index (χ2n) is 8.07. The number of hydrogen-bond donors (Lipinski definition) is 2. The van der Waals surface area contributed by atoms with Crippen molar-refractivity contribution in [3.63, 3.8) is 0 Å². The molecule has 1 heterocycles. The van der Waals surface area contributed by atoms with Gasteiger partial charge in [0.15, 0.2) is 0 Å². The normalized spacial score (nSPS) is 21.1. The van der Waals surface area contributed by atoms with Gasteiger partial charge in [0, 0.05) is 12.4 Å². The molecule has 1 aromatic rings. The predicted octanol–water partition coefficient (Wildman–Crippen LogP) is 5.48. The van der Waals surface area contributed by atoms with Gasteiger partial charge in [-0.2, -0.15) is 0 Å². The molecule has 1 aromatic heterocycles. The number of oxime groups is 2. The maximum atomic E-state index is 9.63. The molecule has 33 heavy (non-hydrogen) atoms. The van der Waals surface area contributed by atoms with Gasteiger partial charge in [0.05, 0.1) is 22.8 Å². The van der Waals surface area contributed by atoms with E-state index in [0.29, 0.717) is 5.41 Å². The van der Waals surface area contributed by atoms with Crippen LogP contribution in [0.4, 0.5) is 0 Å². The molecule has 1 saturated carbocycles. The van der Waals surface area contributed by atoms with Gasteiger partial charge < -0.3 is 31.1 Å². The fourth-order valence-corrected chi connectivity index (χ4v) is 3.07. The molecule has 1 fully saturated rings. The fourth-order valence-electron chi connectivity index (χ4n) is 3.07. The molecule has 9 nitrogen and oxygen atoms in total. The molecule has 3 aliphatic rings. The molecule has 0 amide bonds. The van der Waals surface area contributed by atoms with Crippen LogP contribution in [0.25, 0.3) is 0 Å². The van der Waals surface area contributed by atoms with Crippen molar-refractivity contribution in [1.82, 2.24) is 4.98 Å². The van der Waals surface area contributed by atoms with Crippen LogP contribution in [0.15, 0.2) is 62.9 Å². The summed E-state index contributed by atoms with van der Waals surface area (Å²) in [6, 6.07) is 5.72. The minimum Gasteiger partial charge on any atom is -0.792 e. The van der Waals surface area contributed by atoms with Crippen molar-refractivity contribution in [3.8, 4) is 0 Å². The minimum absolute atomic E-state index is 0. The molecule has 184 valence electrons. The first kappa shape index (κ1) is 32.3. The van der Waals surface area contributed by atoms with E-state index in [1.54, 1.807) is 12.4 Å². The van der Waals surface area contributed by atoms with Gasteiger partial charge in [0.2, 0.25) is 0 Å². The number of rotatable bonds is 2. The maximum Gasteiger partial charge on any atom is 3.00 e. The molecule has 0 saturated heterocycles. The van der Waals surface area contributed by atoms with Gasteiger partial charge in [-0.1, -0.05) is 36.6 Å². The van der Waals surface area contributed by atoms with Gasteiger partial charge >= 0.3 is 16.8 Å². The van der Waals surface area contributed by atoms with Gasteiger partial charge in [0.1, 0.15) is 0 Å². The summed E-state index contributed by atoms with van der Waals surface area (Å²) < 4.78 is 0. The molecule has 0 aliphatic heterocycles. The number of pyridine rings is 1. The molecule has 2 N–H and O–H groups in total. The summed E-state index contributed by atoms with van der Waals surface area (Å²) in [7, 11) is 0. The number of allylic oxidation sites excluding steroid dienone is 2. The first-order chi connectivity index (χ1) is 15.1. The van der Waals surface area contributed by atoms with E-state index in [4.69, 9.17) is 10.4 Å². The Morgan fingerprint density at radius 2 is 1.39 bits per heavy atom. The Morgan fingerprint density at radius 3 is 1.55 bits per heavy atom. The fraction of sp³-hybridized carbons (Fsp3) is 0.478. The number of fused-ring (bicyclic) bond motifs is 1. The summed E-state index contributed by atoms with van der Waals surface area (Å²) in [6.07, 6.45) is 8.51. The van der Waals surface area contributed by atoms with Gasteiger partial charge in [-0.15, -0.1) is 0 Å². The van der Waals surface area contributed by atoms with Crippen LogP contribution < -0.4 is 0 Å². The number of hydrogen-bond acceptors (Lipinski definition) is 9. The summed E-state index contributed by atoms with van der Waals surface area (Å²) in [4.78, 5) is 3.78. The average Bonchev–Trinajstić information content (AvgIpc) is 2.83. The zero-order valence-corrected chi connectivity index (χ0v) is 21.1. The molecule has 0 unspecified atom stereocenters. The van der Waals surface area contributed by atoms with E-state index in [1.807, 2.05) is 18.2 Å².